The number of rotatable bonds is 5. The van der Waals surface area contributed by atoms with E-state index in [1.54, 1.807) is 6.07 Å². The van der Waals surface area contributed by atoms with Crippen LogP contribution >= 0.6 is 15.9 Å². The summed E-state index contributed by atoms with van der Waals surface area (Å²) in [6.45, 7) is 4.16. The lowest BCUT2D eigenvalue weighted by Crippen LogP contribution is -2.08. The van der Waals surface area contributed by atoms with Crippen molar-refractivity contribution in [2.24, 2.45) is 0 Å². The molecule has 20 heavy (non-hydrogen) atoms. The summed E-state index contributed by atoms with van der Waals surface area (Å²) in [6.07, 6.45) is 3.02. The van der Waals surface area contributed by atoms with Gasteiger partial charge in [0.25, 0.3) is 0 Å². The van der Waals surface area contributed by atoms with Gasteiger partial charge in [-0.15, -0.1) is 0 Å². The van der Waals surface area contributed by atoms with E-state index in [1.165, 1.54) is 12.1 Å². The summed E-state index contributed by atoms with van der Waals surface area (Å²) < 4.78 is 15.7. The fourth-order valence-electron chi connectivity index (χ4n) is 1.88. The van der Waals surface area contributed by atoms with E-state index in [4.69, 9.17) is 0 Å². The Hall–Kier alpha value is -1.49. The molecule has 0 radical (unpaired) electrons. The SMILES string of the molecule is CCC(C)n1ccc(CC(=O)c2cc(F)ccc2Br)n1. The van der Waals surface area contributed by atoms with E-state index < -0.39 is 5.82 Å². The van der Waals surface area contributed by atoms with Gasteiger partial charge in [0.1, 0.15) is 5.82 Å². The van der Waals surface area contributed by atoms with Crippen LogP contribution < -0.4 is 0 Å². The molecule has 3 nitrogen and oxygen atoms in total. The molecule has 0 bridgehead atoms. The van der Waals surface area contributed by atoms with Gasteiger partial charge in [0, 0.05) is 22.3 Å². The largest absolute Gasteiger partial charge is 0.294 e. The van der Waals surface area contributed by atoms with Crippen LogP contribution in [-0.2, 0) is 6.42 Å². The Labute approximate surface area is 125 Å². The molecule has 1 aromatic heterocycles. The maximum Gasteiger partial charge on any atom is 0.170 e. The number of ketones is 1. The van der Waals surface area contributed by atoms with Gasteiger partial charge in [-0.25, -0.2) is 4.39 Å². The first kappa shape index (κ1) is 14.9. The highest BCUT2D eigenvalue weighted by atomic mass is 79.9. The van der Waals surface area contributed by atoms with Crippen molar-refractivity contribution in [2.75, 3.05) is 0 Å². The molecule has 2 aromatic rings. The van der Waals surface area contributed by atoms with Crippen molar-refractivity contribution in [3.8, 4) is 0 Å². The van der Waals surface area contributed by atoms with Crippen molar-refractivity contribution in [3.63, 3.8) is 0 Å². The molecule has 0 aliphatic rings. The van der Waals surface area contributed by atoms with Crippen LogP contribution in [-0.4, -0.2) is 15.6 Å². The lowest BCUT2D eigenvalue weighted by atomic mass is 10.1. The minimum atomic E-state index is -0.415. The summed E-state index contributed by atoms with van der Waals surface area (Å²) in [4.78, 5) is 12.2. The number of hydrogen-bond donors (Lipinski definition) is 0. The number of nitrogens with zero attached hydrogens (tertiary/aromatic N) is 2. The lowest BCUT2D eigenvalue weighted by molar-refractivity contribution is 0.0990. The van der Waals surface area contributed by atoms with E-state index in [9.17, 15) is 9.18 Å². The van der Waals surface area contributed by atoms with Crippen LogP contribution in [0.3, 0.4) is 0 Å². The van der Waals surface area contributed by atoms with Crippen molar-refractivity contribution in [3.05, 3.63) is 52.0 Å². The van der Waals surface area contributed by atoms with Crippen molar-refractivity contribution in [1.29, 1.82) is 0 Å². The van der Waals surface area contributed by atoms with Gasteiger partial charge in [-0.2, -0.15) is 5.10 Å². The Morgan fingerprint density at radius 3 is 2.90 bits per heavy atom. The Morgan fingerprint density at radius 2 is 2.20 bits per heavy atom. The number of benzene rings is 1. The molecular weight excluding hydrogens is 323 g/mol. The number of Topliss-reactive ketones (excluding diaryl/α,β-unsaturated/α-hetero) is 1. The predicted octanol–water partition coefficient (Wildman–Crippen LogP) is 4.18. The molecule has 0 aliphatic heterocycles. The quantitative estimate of drug-likeness (QED) is 0.766. The molecule has 2 rings (SSSR count). The zero-order valence-electron chi connectivity index (χ0n) is 11.4. The number of carbonyl (C=O) groups is 1. The molecule has 1 unspecified atom stereocenters. The van der Waals surface area contributed by atoms with Gasteiger partial charge in [0.15, 0.2) is 5.78 Å². The predicted molar refractivity (Wildman–Crippen MR) is 79.4 cm³/mol. The van der Waals surface area contributed by atoms with Crippen LogP contribution in [0.25, 0.3) is 0 Å². The van der Waals surface area contributed by atoms with E-state index in [0.717, 1.165) is 6.42 Å². The van der Waals surface area contributed by atoms with E-state index in [-0.39, 0.29) is 12.2 Å². The molecular formula is C15H16BrFN2O. The third-order valence-electron chi connectivity index (χ3n) is 3.28. The molecule has 0 spiro atoms. The van der Waals surface area contributed by atoms with Gasteiger partial charge >= 0.3 is 0 Å². The van der Waals surface area contributed by atoms with Crippen molar-refractivity contribution in [1.82, 2.24) is 9.78 Å². The molecule has 0 aliphatic carbocycles. The molecule has 1 atom stereocenters. The highest BCUT2D eigenvalue weighted by Crippen LogP contribution is 2.20. The fraction of sp³-hybridized carbons (Fsp3) is 0.333. The first-order valence-corrected chi connectivity index (χ1v) is 7.32. The maximum absolute atomic E-state index is 13.2. The molecule has 1 aromatic carbocycles. The normalized spacial score (nSPS) is 12.4. The first-order chi connectivity index (χ1) is 9.51. The Kier molecular flexibility index (Phi) is 4.70. The van der Waals surface area contributed by atoms with Crippen LogP contribution in [0.1, 0.15) is 42.4 Å². The molecule has 1 heterocycles. The summed E-state index contributed by atoms with van der Waals surface area (Å²) >= 11 is 3.27. The van der Waals surface area contributed by atoms with E-state index in [0.29, 0.717) is 21.8 Å². The summed E-state index contributed by atoms with van der Waals surface area (Å²) in [7, 11) is 0. The smallest absolute Gasteiger partial charge is 0.170 e. The number of aromatic nitrogens is 2. The highest BCUT2D eigenvalue weighted by molar-refractivity contribution is 9.10. The molecule has 0 fully saturated rings. The second-order valence-electron chi connectivity index (χ2n) is 4.77. The summed E-state index contributed by atoms with van der Waals surface area (Å²) in [5.74, 6) is -0.563. The van der Waals surface area contributed by atoms with Gasteiger partial charge in [-0.05, 0) is 37.6 Å². The average Bonchev–Trinajstić information content (AvgIpc) is 2.89. The van der Waals surface area contributed by atoms with Crippen molar-refractivity contribution < 1.29 is 9.18 Å². The maximum atomic E-state index is 13.2. The zero-order valence-corrected chi connectivity index (χ0v) is 13.0. The molecule has 0 amide bonds. The van der Waals surface area contributed by atoms with E-state index in [1.807, 2.05) is 16.9 Å². The number of hydrogen-bond acceptors (Lipinski definition) is 2. The first-order valence-electron chi connectivity index (χ1n) is 6.53. The number of carbonyl (C=O) groups excluding carboxylic acids is 1. The van der Waals surface area contributed by atoms with Gasteiger partial charge in [0.05, 0.1) is 12.1 Å². The molecule has 0 saturated carbocycles. The Balaban J connectivity index is 2.15. The topological polar surface area (TPSA) is 34.9 Å². The van der Waals surface area contributed by atoms with Crippen LogP contribution in [0, 0.1) is 5.82 Å². The summed E-state index contributed by atoms with van der Waals surface area (Å²) in [6, 6.07) is 6.24. The average molecular weight is 339 g/mol. The monoisotopic (exact) mass is 338 g/mol. The second-order valence-corrected chi connectivity index (χ2v) is 5.62. The third kappa shape index (κ3) is 3.33. The summed E-state index contributed by atoms with van der Waals surface area (Å²) in [5.41, 5.74) is 1.05. The van der Waals surface area contributed by atoms with Gasteiger partial charge in [-0.3, -0.25) is 9.48 Å². The Bertz CT molecular complexity index is 624. The molecule has 106 valence electrons. The number of halogens is 2. The molecule has 5 heteroatoms. The lowest BCUT2D eigenvalue weighted by Gasteiger charge is -2.08. The standard InChI is InChI=1S/C15H16BrFN2O/c1-3-10(2)19-7-6-12(18-19)9-15(20)13-8-11(17)4-5-14(13)16/h4-8,10H,3,9H2,1-2H3. The molecule has 0 N–H and O–H groups in total. The van der Waals surface area contributed by atoms with Gasteiger partial charge in [-0.1, -0.05) is 22.9 Å². The minimum absolute atomic E-state index is 0.147. The fourth-order valence-corrected chi connectivity index (χ4v) is 2.34. The van der Waals surface area contributed by atoms with Crippen molar-refractivity contribution in [2.45, 2.75) is 32.7 Å². The summed E-state index contributed by atoms with van der Waals surface area (Å²) in [5, 5.41) is 4.39. The van der Waals surface area contributed by atoms with Crippen LogP contribution in [0.4, 0.5) is 4.39 Å². The van der Waals surface area contributed by atoms with Crippen LogP contribution in [0.2, 0.25) is 0 Å². The van der Waals surface area contributed by atoms with Crippen LogP contribution in [0.15, 0.2) is 34.9 Å². The van der Waals surface area contributed by atoms with Crippen LogP contribution in [0.5, 0.6) is 0 Å². The van der Waals surface area contributed by atoms with Gasteiger partial charge in [0.2, 0.25) is 0 Å². The van der Waals surface area contributed by atoms with E-state index >= 15 is 0 Å². The highest BCUT2D eigenvalue weighted by Gasteiger charge is 2.14. The van der Waals surface area contributed by atoms with Gasteiger partial charge < -0.3 is 0 Å². The van der Waals surface area contributed by atoms with E-state index in [2.05, 4.69) is 34.9 Å². The third-order valence-corrected chi connectivity index (χ3v) is 3.97. The molecule has 0 saturated heterocycles. The zero-order chi connectivity index (χ0) is 14.7. The second kappa shape index (κ2) is 6.31. The minimum Gasteiger partial charge on any atom is -0.294 e. The Morgan fingerprint density at radius 1 is 1.45 bits per heavy atom. The van der Waals surface area contributed by atoms with Crippen molar-refractivity contribution >= 4 is 21.7 Å².